The molecule has 0 heterocycles. The van der Waals surface area contributed by atoms with Crippen molar-refractivity contribution < 1.29 is 4.74 Å². The zero-order valence-electron chi connectivity index (χ0n) is 7.10. The second kappa shape index (κ2) is 8.54. The van der Waals surface area contributed by atoms with E-state index in [4.69, 9.17) is 4.74 Å². The molecule has 10 heavy (non-hydrogen) atoms. The van der Waals surface area contributed by atoms with Crippen molar-refractivity contribution in [1.82, 2.24) is 0 Å². The van der Waals surface area contributed by atoms with Crippen LogP contribution in [0.25, 0.3) is 0 Å². The lowest BCUT2D eigenvalue weighted by Gasteiger charge is -1.97. The van der Waals surface area contributed by atoms with Crippen molar-refractivity contribution in [2.75, 3.05) is 6.61 Å². The highest BCUT2D eigenvalue weighted by Crippen LogP contribution is 1.94. The largest absolute Gasteiger partial charge is 0.502 e. The van der Waals surface area contributed by atoms with Crippen LogP contribution in [0.15, 0.2) is 12.3 Å². The molecule has 0 atom stereocenters. The number of hydrogen-bond acceptors (Lipinski definition) is 1. The van der Waals surface area contributed by atoms with Crippen molar-refractivity contribution in [1.29, 1.82) is 0 Å². The van der Waals surface area contributed by atoms with Crippen molar-refractivity contribution >= 4 is 0 Å². The maximum absolute atomic E-state index is 5.20. The fraction of sp³-hybridized carbons (Fsp3) is 0.778. The molecule has 0 bridgehead atoms. The Bertz CT molecular complexity index is 76.8. The molecule has 0 aliphatic rings. The summed E-state index contributed by atoms with van der Waals surface area (Å²) in [5, 5.41) is 0. The molecule has 0 aromatic rings. The quantitative estimate of drug-likeness (QED) is 0.409. The molecule has 0 spiro atoms. The van der Waals surface area contributed by atoms with Gasteiger partial charge in [-0.3, -0.25) is 0 Å². The predicted molar refractivity (Wildman–Crippen MR) is 44.9 cm³/mol. The second-order valence-corrected chi connectivity index (χ2v) is 2.36. The molecule has 0 saturated carbocycles. The lowest BCUT2D eigenvalue weighted by Crippen LogP contribution is -1.85. The molecule has 0 aliphatic carbocycles. The molecular formula is C9H18O. The first kappa shape index (κ1) is 9.54. The van der Waals surface area contributed by atoms with Gasteiger partial charge in [-0.2, -0.15) is 0 Å². The van der Waals surface area contributed by atoms with Crippen LogP contribution in [-0.2, 0) is 4.74 Å². The molecule has 0 fully saturated rings. The summed E-state index contributed by atoms with van der Waals surface area (Å²) in [7, 11) is 0. The molecule has 0 radical (unpaired) electrons. The zero-order valence-corrected chi connectivity index (χ0v) is 7.10. The van der Waals surface area contributed by atoms with E-state index in [9.17, 15) is 0 Å². The first-order valence-corrected chi connectivity index (χ1v) is 4.18. The van der Waals surface area contributed by atoms with E-state index in [2.05, 4.69) is 13.8 Å². The molecule has 0 aromatic heterocycles. The van der Waals surface area contributed by atoms with Gasteiger partial charge in [0.2, 0.25) is 0 Å². The average molecular weight is 142 g/mol. The van der Waals surface area contributed by atoms with Crippen LogP contribution in [0.3, 0.4) is 0 Å². The number of rotatable bonds is 6. The fourth-order valence-corrected chi connectivity index (χ4v) is 0.668. The van der Waals surface area contributed by atoms with E-state index in [-0.39, 0.29) is 0 Å². The van der Waals surface area contributed by atoms with E-state index in [1.807, 2.05) is 6.08 Å². The Morgan fingerprint density at radius 1 is 1.20 bits per heavy atom. The van der Waals surface area contributed by atoms with Gasteiger partial charge in [0.05, 0.1) is 12.9 Å². The Morgan fingerprint density at radius 2 is 2.00 bits per heavy atom. The average Bonchev–Trinajstić information content (AvgIpc) is 1.97. The molecule has 60 valence electrons. The Labute approximate surface area is 64.1 Å². The van der Waals surface area contributed by atoms with Crippen LogP contribution in [0, 0.1) is 0 Å². The third-order valence-electron chi connectivity index (χ3n) is 1.29. The highest BCUT2D eigenvalue weighted by atomic mass is 16.5. The van der Waals surface area contributed by atoms with Crippen molar-refractivity contribution in [3.8, 4) is 0 Å². The van der Waals surface area contributed by atoms with E-state index in [0.29, 0.717) is 0 Å². The lowest BCUT2D eigenvalue weighted by molar-refractivity contribution is 0.240. The lowest BCUT2D eigenvalue weighted by atomic mass is 10.3. The van der Waals surface area contributed by atoms with Gasteiger partial charge in [-0.05, 0) is 12.8 Å². The van der Waals surface area contributed by atoms with E-state index >= 15 is 0 Å². The number of unbranched alkanes of at least 4 members (excludes halogenated alkanes) is 2. The van der Waals surface area contributed by atoms with Gasteiger partial charge in [-0.25, -0.2) is 0 Å². The SMILES string of the molecule is CCC=COCCCCC. The Hall–Kier alpha value is -0.460. The minimum absolute atomic E-state index is 0.879. The second-order valence-electron chi connectivity index (χ2n) is 2.36. The van der Waals surface area contributed by atoms with Crippen LogP contribution < -0.4 is 0 Å². The molecule has 0 aliphatic heterocycles. The van der Waals surface area contributed by atoms with Gasteiger partial charge in [0.25, 0.3) is 0 Å². The van der Waals surface area contributed by atoms with Gasteiger partial charge in [0.1, 0.15) is 0 Å². The molecule has 0 rings (SSSR count). The number of hydrogen-bond donors (Lipinski definition) is 0. The van der Waals surface area contributed by atoms with E-state index in [1.165, 1.54) is 19.3 Å². The molecule has 0 unspecified atom stereocenters. The summed E-state index contributed by atoms with van der Waals surface area (Å²) in [6, 6.07) is 0. The van der Waals surface area contributed by atoms with E-state index < -0.39 is 0 Å². The molecule has 0 N–H and O–H groups in total. The maximum Gasteiger partial charge on any atom is 0.0873 e. The van der Waals surface area contributed by atoms with Crippen molar-refractivity contribution in [3.05, 3.63) is 12.3 Å². The molecule has 0 amide bonds. The van der Waals surface area contributed by atoms with Gasteiger partial charge in [0.15, 0.2) is 0 Å². The summed E-state index contributed by atoms with van der Waals surface area (Å²) in [5.41, 5.74) is 0. The first-order valence-electron chi connectivity index (χ1n) is 4.18. The van der Waals surface area contributed by atoms with Crippen LogP contribution >= 0.6 is 0 Å². The number of allylic oxidation sites excluding steroid dienone is 1. The Balaban J connectivity index is 2.83. The Morgan fingerprint density at radius 3 is 2.60 bits per heavy atom. The van der Waals surface area contributed by atoms with Crippen LogP contribution in [0.5, 0.6) is 0 Å². The van der Waals surface area contributed by atoms with Gasteiger partial charge in [-0.15, -0.1) is 0 Å². The van der Waals surface area contributed by atoms with E-state index in [0.717, 1.165) is 13.0 Å². The molecule has 0 saturated heterocycles. The topological polar surface area (TPSA) is 9.23 Å². The molecule has 1 nitrogen and oxygen atoms in total. The predicted octanol–water partition coefficient (Wildman–Crippen LogP) is 3.12. The minimum atomic E-state index is 0.879. The maximum atomic E-state index is 5.20. The first-order chi connectivity index (χ1) is 4.91. The van der Waals surface area contributed by atoms with Crippen LogP contribution in [0.4, 0.5) is 0 Å². The number of ether oxygens (including phenoxy) is 1. The summed E-state index contributed by atoms with van der Waals surface area (Å²) < 4.78 is 5.20. The third kappa shape index (κ3) is 7.54. The fourth-order valence-electron chi connectivity index (χ4n) is 0.668. The van der Waals surface area contributed by atoms with E-state index in [1.54, 1.807) is 6.26 Å². The van der Waals surface area contributed by atoms with Gasteiger partial charge >= 0.3 is 0 Å². The Kier molecular flexibility index (Phi) is 8.15. The summed E-state index contributed by atoms with van der Waals surface area (Å²) >= 11 is 0. The summed E-state index contributed by atoms with van der Waals surface area (Å²) in [5.74, 6) is 0. The molecule has 0 aromatic carbocycles. The zero-order chi connectivity index (χ0) is 7.66. The van der Waals surface area contributed by atoms with Gasteiger partial charge in [0, 0.05) is 0 Å². The standard InChI is InChI=1S/C9H18O/c1-3-5-7-9-10-8-6-4-2/h6,8H,3-5,7,9H2,1-2H3. The van der Waals surface area contributed by atoms with Crippen molar-refractivity contribution in [2.24, 2.45) is 0 Å². The monoisotopic (exact) mass is 142 g/mol. The summed E-state index contributed by atoms with van der Waals surface area (Å²) in [4.78, 5) is 0. The van der Waals surface area contributed by atoms with Gasteiger partial charge < -0.3 is 4.74 Å². The molecular weight excluding hydrogens is 124 g/mol. The highest BCUT2D eigenvalue weighted by Gasteiger charge is 1.82. The highest BCUT2D eigenvalue weighted by molar-refractivity contribution is 4.70. The minimum Gasteiger partial charge on any atom is -0.502 e. The van der Waals surface area contributed by atoms with Crippen LogP contribution in [0.1, 0.15) is 39.5 Å². The smallest absolute Gasteiger partial charge is 0.0873 e. The van der Waals surface area contributed by atoms with Crippen molar-refractivity contribution in [2.45, 2.75) is 39.5 Å². The van der Waals surface area contributed by atoms with Gasteiger partial charge in [-0.1, -0.05) is 32.8 Å². The normalized spacial score (nSPS) is 10.6. The molecule has 1 heteroatoms. The summed E-state index contributed by atoms with van der Waals surface area (Å²) in [6.07, 6.45) is 8.63. The van der Waals surface area contributed by atoms with Crippen LogP contribution in [0.2, 0.25) is 0 Å². The van der Waals surface area contributed by atoms with Crippen LogP contribution in [-0.4, -0.2) is 6.61 Å². The summed E-state index contributed by atoms with van der Waals surface area (Å²) in [6.45, 7) is 5.18. The van der Waals surface area contributed by atoms with Crippen molar-refractivity contribution in [3.63, 3.8) is 0 Å². The third-order valence-corrected chi connectivity index (χ3v) is 1.29.